The number of nitrogens with one attached hydrogen (secondary N) is 2. The maximum absolute atomic E-state index is 13.9. The average Bonchev–Trinajstić information content (AvgIpc) is 3.38. The normalized spacial score (nSPS) is 17.9. The number of hydrogen-bond acceptors (Lipinski definition) is 5. The molecule has 0 fully saturated rings. The topological polar surface area (TPSA) is 87.3 Å². The summed E-state index contributed by atoms with van der Waals surface area (Å²) in [4.78, 5) is 36.5. The average molecular weight is 519 g/mol. The molecular formula is C32H30N4O3. The Morgan fingerprint density at radius 3 is 2.79 bits per heavy atom. The van der Waals surface area contributed by atoms with Gasteiger partial charge >= 0.3 is 5.97 Å². The Balaban J connectivity index is 1.36. The quantitative estimate of drug-likeness (QED) is 0.383. The molecule has 1 aliphatic heterocycles. The van der Waals surface area contributed by atoms with Gasteiger partial charge in [0.2, 0.25) is 0 Å². The van der Waals surface area contributed by atoms with Crippen LogP contribution in [0.5, 0.6) is 0 Å². The van der Waals surface area contributed by atoms with Crippen LogP contribution in [0.4, 0.5) is 11.4 Å². The first-order chi connectivity index (χ1) is 19.1. The summed E-state index contributed by atoms with van der Waals surface area (Å²) in [5, 5.41) is 5.68. The van der Waals surface area contributed by atoms with Crippen molar-refractivity contribution in [3.8, 4) is 0 Å². The largest absolute Gasteiger partial charge is 0.457 e. The van der Waals surface area contributed by atoms with Crippen LogP contribution in [0.1, 0.15) is 57.5 Å². The number of nitrogens with zero attached hydrogens (tertiary/aromatic N) is 2. The number of benzene rings is 2. The van der Waals surface area contributed by atoms with Crippen LogP contribution in [0.2, 0.25) is 0 Å². The van der Waals surface area contributed by atoms with Crippen LogP contribution < -0.4 is 20.8 Å². The molecule has 1 amide bonds. The van der Waals surface area contributed by atoms with Gasteiger partial charge in [-0.1, -0.05) is 30.4 Å². The minimum atomic E-state index is -0.448. The molecule has 2 atom stereocenters. The number of hydrogen-bond donors (Lipinski definition) is 2. The molecule has 0 spiro atoms. The van der Waals surface area contributed by atoms with Crippen LogP contribution in [0.15, 0.2) is 79.3 Å². The van der Waals surface area contributed by atoms with Gasteiger partial charge in [0.15, 0.2) is 0 Å². The number of carbonyl (C=O) groups excluding carboxylic acids is 2. The van der Waals surface area contributed by atoms with Crippen molar-refractivity contribution >= 4 is 35.4 Å². The lowest BCUT2D eigenvalue weighted by atomic mass is 9.87. The smallest absolute Gasteiger partial charge is 0.338 e. The molecule has 2 aliphatic rings. The molecule has 1 aliphatic carbocycles. The molecule has 0 saturated heterocycles. The van der Waals surface area contributed by atoms with Crippen LogP contribution >= 0.6 is 0 Å². The van der Waals surface area contributed by atoms with E-state index in [1.165, 1.54) is 0 Å². The van der Waals surface area contributed by atoms with E-state index in [4.69, 9.17) is 4.74 Å². The zero-order valence-electron chi connectivity index (χ0n) is 21.8. The summed E-state index contributed by atoms with van der Waals surface area (Å²) in [6, 6.07) is 19.2. The van der Waals surface area contributed by atoms with Gasteiger partial charge < -0.3 is 19.9 Å². The van der Waals surface area contributed by atoms with E-state index in [0.29, 0.717) is 17.7 Å². The number of esters is 1. The molecule has 0 bridgehead atoms. The molecule has 7 nitrogen and oxygen atoms in total. The van der Waals surface area contributed by atoms with Crippen LogP contribution in [-0.2, 0) is 11.3 Å². The fraction of sp³-hybridized carbons (Fsp3) is 0.219. The second-order valence-corrected chi connectivity index (χ2v) is 10.1. The van der Waals surface area contributed by atoms with E-state index in [1.807, 2.05) is 60.8 Å². The van der Waals surface area contributed by atoms with Crippen LogP contribution in [0.25, 0.3) is 12.2 Å². The van der Waals surface area contributed by atoms with Gasteiger partial charge in [0.05, 0.1) is 16.9 Å². The molecule has 4 aromatic rings. The van der Waals surface area contributed by atoms with E-state index in [9.17, 15) is 9.59 Å². The van der Waals surface area contributed by atoms with E-state index >= 15 is 0 Å². The summed E-state index contributed by atoms with van der Waals surface area (Å²) in [5.41, 5.74) is 4.34. The first kappa shape index (κ1) is 24.7. The third-order valence-electron chi connectivity index (χ3n) is 7.44. The molecule has 0 radical (unpaired) electrons. The Bertz CT molecular complexity index is 1640. The van der Waals surface area contributed by atoms with E-state index in [1.54, 1.807) is 23.4 Å². The third-order valence-corrected chi connectivity index (χ3v) is 7.44. The number of aromatic nitrogens is 2. The van der Waals surface area contributed by atoms with Gasteiger partial charge in [-0.25, -0.2) is 4.79 Å². The lowest BCUT2D eigenvalue weighted by Gasteiger charge is -2.24. The molecule has 196 valence electrons. The van der Waals surface area contributed by atoms with Crippen LogP contribution in [-0.4, -0.2) is 34.4 Å². The molecular weight excluding hydrogens is 488 g/mol. The molecule has 7 heteroatoms. The third kappa shape index (κ3) is 5.08. The second-order valence-electron chi connectivity index (χ2n) is 10.1. The van der Waals surface area contributed by atoms with E-state index < -0.39 is 5.97 Å². The molecule has 1 unspecified atom stereocenters. The van der Waals surface area contributed by atoms with Crippen molar-refractivity contribution in [2.75, 3.05) is 16.8 Å². The Morgan fingerprint density at radius 1 is 1.08 bits per heavy atom. The van der Waals surface area contributed by atoms with Gasteiger partial charge in [-0.05, 0) is 78.6 Å². The Kier molecular flexibility index (Phi) is 6.71. The molecule has 0 saturated carbocycles. The summed E-state index contributed by atoms with van der Waals surface area (Å²) < 4.78 is 5.74. The van der Waals surface area contributed by atoms with E-state index in [0.717, 1.165) is 45.9 Å². The lowest BCUT2D eigenvalue weighted by molar-refractivity contribution is 0.0471. The maximum Gasteiger partial charge on any atom is 0.338 e. The first-order valence-corrected chi connectivity index (χ1v) is 13.3. The maximum atomic E-state index is 13.9. The van der Waals surface area contributed by atoms with Gasteiger partial charge in [0, 0.05) is 48.0 Å². The predicted octanol–water partition coefficient (Wildman–Crippen LogP) is 4.37. The SMILES string of the molecule is C[C@H]1CCN(C(=O)c2ccc(C3C=c4cc[nH]c4=CC3)c(C(=O)OCc3ccncc3)c2)c2ccccc2N1. The monoisotopic (exact) mass is 518 g/mol. The zero-order valence-corrected chi connectivity index (χ0v) is 21.8. The number of rotatable bonds is 5. The fourth-order valence-corrected chi connectivity index (χ4v) is 5.34. The van der Waals surface area contributed by atoms with Crippen molar-refractivity contribution in [3.05, 3.63) is 112 Å². The summed E-state index contributed by atoms with van der Waals surface area (Å²) in [6.45, 7) is 2.82. The number of H-pyrrole nitrogens is 1. The van der Waals surface area contributed by atoms with Crippen molar-refractivity contribution in [2.45, 2.75) is 38.3 Å². The van der Waals surface area contributed by atoms with Crippen molar-refractivity contribution in [1.29, 1.82) is 0 Å². The fourth-order valence-electron chi connectivity index (χ4n) is 5.34. The van der Waals surface area contributed by atoms with Gasteiger partial charge in [-0.15, -0.1) is 0 Å². The minimum Gasteiger partial charge on any atom is -0.457 e. The molecule has 2 aromatic carbocycles. The second kappa shape index (κ2) is 10.6. The van der Waals surface area contributed by atoms with Gasteiger partial charge in [0.25, 0.3) is 5.91 Å². The summed E-state index contributed by atoms with van der Waals surface area (Å²) in [5.74, 6) is -0.596. The van der Waals surface area contributed by atoms with Gasteiger partial charge in [0.1, 0.15) is 6.61 Å². The van der Waals surface area contributed by atoms with Crippen molar-refractivity contribution < 1.29 is 14.3 Å². The van der Waals surface area contributed by atoms with E-state index in [2.05, 4.69) is 34.4 Å². The molecule has 2 N–H and O–H groups in total. The number of anilines is 2. The Morgan fingerprint density at radius 2 is 1.92 bits per heavy atom. The molecule has 2 aromatic heterocycles. The number of pyridine rings is 1. The number of carbonyl (C=O) groups is 2. The van der Waals surface area contributed by atoms with Crippen LogP contribution in [0.3, 0.4) is 0 Å². The zero-order chi connectivity index (χ0) is 26.8. The summed E-state index contributed by atoms with van der Waals surface area (Å²) in [7, 11) is 0. The van der Waals surface area contributed by atoms with Gasteiger partial charge in [-0.3, -0.25) is 9.78 Å². The van der Waals surface area contributed by atoms with E-state index in [-0.39, 0.29) is 24.5 Å². The number of ether oxygens (including phenoxy) is 1. The molecule has 6 rings (SSSR count). The highest BCUT2D eigenvalue weighted by atomic mass is 16.5. The first-order valence-electron chi connectivity index (χ1n) is 13.3. The van der Waals surface area contributed by atoms with Crippen molar-refractivity contribution in [3.63, 3.8) is 0 Å². The number of para-hydroxylation sites is 2. The Hall–Kier alpha value is -4.65. The standard InChI is InChI=1S/C32H30N4O3/c1-21-13-17-36(30-5-3-2-4-29(30)35-21)31(37)25-6-8-26(23-7-9-28-24(18-23)12-16-34-28)27(19-25)32(38)39-20-22-10-14-33-15-11-22/h2-6,8-12,14-16,18-19,21,23,34-35H,7,13,17,20H2,1H3/t21-,23?/m0/s1. The highest BCUT2D eigenvalue weighted by Gasteiger charge is 2.27. The Labute approximate surface area is 226 Å². The summed E-state index contributed by atoms with van der Waals surface area (Å²) >= 11 is 0. The minimum absolute atomic E-state index is 0.00936. The molecule has 39 heavy (non-hydrogen) atoms. The highest BCUT2D eigenvalue weighted by molar-refractivity contribution is 6.09. The lowest BCUT2D eigenvalue weighted by Crippen LogP contribution is -2.32. The number of aromatic amines is 1. The number of amides is 1. The van der Waals surface area contributed by atoms with Crippen LogP contribution in [0, 0.1) is 0 Å². The number of fused-ring (bicyclic) bond motifs is 2. The molecule has 3 heterocycles. The van der Waals surface area contributed by atoms with Gasteiger partial charge in [-0.2, -0.15) is 0 Å². The van der Waals surface area contributed by atoms with Crippen molar-refractivity contribution in [2.24, 2.45) is 0 Å². The van der Waals surface area contributed by atoms with Crippen molar-refractivity contribution in [1.82, 2.24) is 9.97 Å². The predicted molar refractivity (Wildman–Crippen MR) is 152 cm³/mol. The highest BCUT2D eigenvalue weighted by Crippen LogP contribution is 2.33. The summed E-state index contributed by atoms with van der Waals surface area (Å²) in [6.07, 6.45) is 11.1.